The van der Waals surface area contributed by atoms with Crippen LogP contribution in [0.4, 0.5) is 9.52 Å². The molecule has 2 atom stereocenters. The van der Waals surface area contributed by atoms with Crippen molar-refractivity contribution in [3.05, 3.63) is 64.3 Å². The van der Waals surface area contributed by atoms with E-state index < -0.39 is 29.0 Å². The number of nitrogens with one attached hydrogen (secondary N) is 2. The number of ether oxygens (including phenoxy) is 2. The van der Waals surface area contributed by atoms with E-state index in [9.17, 15) is 23.6 Å². The van der Waals surface area contributed by atoms with E-state index in [2.05, 4.69) is 25.6 Å². The van der Waals surface area contributed by atoms with E-state index in [0.29, 0.717) is 11.3 Å². The summed E-state index contributed by atoms with van der Waals surface area (Å²) in [6.07, 6.45) is 3.82. The van der Waals surface area contributed by atoms with Crippen molar-refractivity contribution in [2.24, 2.45) is 5.16 Å². The smallest absolute Gasteiger partial charge is 0.355 e. The van der Waals surface area contributed by atoms with Crippen LogP contribution < -0.4 is 15.4 Å². The number of anilines is 1. The van der Waals surface area contributed by atoms with Crippen LogP contribution in [0.5, 0.6) is 5.75 Å². The lowest BCUT2D eigenvalue weighted by atomic mass is 9.96. The van der Waals surface area contributed by atoms with E-state index in [4.69, 9.17) is 21.1 Å². The highest BCUT2D eigenvalue weighted by Gasteiger charge is 2.56. The third kappa shape index (κ3) is 6.74. The fourth-order valence-electron chi connectivity index (χ4n) is 4.14. The number of amides is 3. The number of rotatable bonds is 12. The SMILES string of the molecule is COc1ccc(COC(=O)C2=C(/C=C\CCl)C(NC(=O)C=NOCF)(c3csc(NC(C)=O)n3)S[C@H]3CC(=O)N23)cc1. The molecule has 0 radical (unpaired) electrons. The molecule has 0 spiro atoms. The first-order valence-electron chi connectivity index (χ1n) is 12.3. The summed E-state index contributed by atoms with van der Waals surface area (Å²) in [5, 5.41) is 9.92. The molecule has 12 nitrogen and oxygen atoms in total. The van der Waals surface area contributed by atoms with Crippen LogP contribution in [0.2, 0.25) is 0 Å². The van der Waals surface area contributed by atoms with Crippen LogP contribution >= 0.6 is 34.7 Å². The zero-order valence-corrected chi connectivity index (χ0v) is 24.7. The summed E-state index contributed by atoms with van der Waals surface area (Å²) in [6.45, 7) is -0.0456. The van der Waals surface area contributed by atoms with Gasteiger partial charge in [-0.15, -0.1) is 22.9 Å². The van der Waals surface area contributed by atoms with Crippen molar-refractivity contribution >= 4 is 69.7 Å². The lowest BCUT2D eigenvalue weighted by Crippen LogP contribution is -2.60. The number of halogens is 2. The van der Waals surface area contributed by atoms with Crippen LogP contribution in [0.25, 0.3) is 0 Å². The normalized spacial score (nSPS) is 19.9. The van der Waals surface area contributed by atoms with Crippen LogP contribution in [-0.2, 0) is 40.2 Å². The van der Waals surface area contributed by atoms with Crippen molar-refractivity contribution < 1.29 is 37.9 Å². The first kappa shape index (κ1) is 31.0. The van der Waals surface area contributed by atoms with E-state index in [-0.39, 0.29) is 52.8 Å². The molecule has 0 bridgehead atoms. The molecule has 2 aliphatic heterocycles. The second-order valence-electron chi connectivity index (χ2n) is 8.65. The Bertz CT molecular complexity index is 1450. The van der Waals surface area contributed by atoms with Gasteiger partial charge in [0.1, 0.15) is 24.3 Å². The van der Waals surface area contributed by atoms with Gasteiger partial charge in [-0.25, -0.2) is 14.2 Å². The summed E-state index contributed by atoms with van der Waals surface area (Å²) in [5.41, 5.74) is 0.937. The molecular formula is C26H25ClFN5O7S2. The van der Waals surface area contributed by atoms with Gasteiger partial charge in [-0.3, -0.25) is 19.3 Å². The number of β-lactam (4-membered cyclic amide) rings is 1. The van der Waals surface area contributed by atoms with Crippen LogP contribution in [0.15, 0.2) is 58.2 Å². The third-order valence-corrected chi connectivity index (χ3v) is 8.40. The molecule has 2 aromatic rings. The molecule has 2 aliphatic rings. The Morgan fingerprint density at radius 2 is 2.07 bits per heavy atom. The number of esters is 1. The van der Waals surface area contributed by atoms with Crippen molar-refractivity contribution in [1.82, 2.24) is 15.2 Å². The Morgan fingerprint density at radius 1 is 1.31 bits per heavy atom. The number of hydrogen-bond donors (Lipinski definition) is 2. The minimum atomic E-state index is -1.59. The van der Waals surface area contributed by atoms with Gasteiger partial charge in [-0.1, -0.05) is 41.2 Å². The summed E-state index contributed by atoms with van der Waals surface area (Å²) >= 11 is 8.20. The molecule has 1 aromatic carbocycles. The number of carbonyl (C=O) groups excluding carboxylic acids is 4. The lowest BCUT2D eigenvalue weighted by molar-refractivity contribution is -0.150. The summed E-state index contributed by atoms with van der Waals surface area (Å²) in [5.74, 6) is -1.67. The average molecular weight is 638 g/mol. The molecule has 0 aliphatic carbocycles. The number of aromatic nitrogens is 1. The fraction of sp³-hybridized carbons (Fsp3) is 0.308. The number of hydrogen-bond acceptors (Lipinski definition) is 11. The van der Waals surface area contributed by atoms with Gasteiger partial charge >= 0.3 is 5.97 Å². The number of nitrogens with zero attached hydrogens (tertiary/aromatic N) is 3. The summed E-state index contributed by atoms with van der Waals surface area (Å²) < 4.78 is 23.2. The summed E-state index contributed by atoms with van der Waals surface area (Å²) in [4.78, 5) is 59.7. The fourth-order valence-corrected chi connectivity index (χ4v) is 6.75. The van der Waals surface area contributed by atoms with Gasteiger partial charge in [0, 0.05) is 23.8 Å². The number of benzene rings is 1. The Hall–Kier alpha value is -3.95. The molecule has 3 heterocycles. The molecule has 42 heavy (non-hydrogen) atoms. The van der Waals surface area contributed by atoms with Crippen molar-refractivity contribution in [2.45, 2.75) is 30.2 Å². The van der Waals surface area contributed by atoms with Crippen molar-refractivity contribution in [3.63, 3.8) is 0 Å². The zero-order valence-electron chi connectivity index (χ0n) is 22.3. The molecule has 16 heteroatoms. The molecule has 222 valence electrons. The van der Waals surface area contributed by atoms with Gasteiger partial charge in [0.25, 0.3) is 12.8 Å². The number of thioether (sulfide) groups is 1. The number of carbonyl (C=O) groups is 4. The number of thiazole rings is 1. The van der Waals surface area contributed by atoms with Crippen LogP contribution in [0.3, 0.4) is 0 Å². The van der Waals surface area contributed by atoms with E-state index in [1.54, 1.807) is 29.6 Å². The molecule has 1 aromatic heterocycles. The maximum Gasteiger partial charge on any atom is 0.355 e. The molecule has 3 amide bonds. The third-order valence-electron chi connectivity index (χ3n) is 5.93. The standard InChI is InChI=1S/C26H25ClFN5O7S2/c1-15(34)30-25-31-19(13-41-25)26(32-20(35)11-29-40-14-28)18(4-3-9-27)23(33-21(36)10-22(33)42-26)24(37)39-12-16-5-7-17(38-2)8-6-16/h3-8,11,13,22H,9-10,12,14H2,1-2H3,(H,32,35)(H,30,31,34)/b4-3-,29-11?/t22-,26?/m0/s1. The van der Waals surface area contributed by atoms with Crippen molar-refractivity contribution in [2.75, 3.05) is 25.2 Å². The first-order valence-corrected chi connectivity index (χ1v) is 14.6. The second-order valence-corrected chi connectivity index (χ2v) is 11.2. The van der Waals surface area contributed by atoms with Gasteiger partial charge in [0.05, 0.1) is 24.6 Å². The Labute approximate surface area is 252 Å². The Morgan fingerprint density at radius 3 is 2.71 bits per heavy atom. The Kier molecular flexibility index (Phi) is 10.2. The quantitative estimate of drug-likeness (QED) is 0.117. The number of allylic oxidation sites excluding steroid dienone is 1. The van der Waals surface area contributed by atoms with E-state index in [0.717, 1.165) is 29.3 Å². The molecule has 1 unspecified atom stereocenters. The lowest BCUT2D eigenvalue weighted by Gasteiger charge is -2.51. The summed E-state index contributed by atoms with van der Waals surface area (Å²) in [7, 11) is 1.53. The molecule has 0 saturated carbocycles. The molecule has 2 N–H and O–H groups in total. The number of oxime groups is 1. The van der Waals surface area contributed by atoms with Crippen LogP contribution in [0.1, 0.15) is 24.6 Å². The predicted octanol–water partition coefficient (Wildman–Crippen LogP) is 3.41. The van der Waals surface area contributed by atoms with Gasteiger partial charge in [-0.2, -0.15) is 0 Å². The van der Waals surface area contributed by atoms with E-state index in [1.807, 2.05) is 0 Å². The minimum Gasteiger partial charge on any atom is -0.497 e. The number of alkyl halides is 2. The van der Waals surface area contributed by atoms with E-state index >= 15 is 0 Å². The largest absolute Gasteiger partial charge is 0.497 e. The highest BCUT2D eigenvalue weighted by atomic mass is 35.5. The monoisotopic (exact) mass is 637 g/mol. The highest BCUT2D eigenvalue weighted by Crippen LogP contribution is 2.54. The second kappa shape index (κ2) is 13.8. The van der Waals surface area contributed by atoms with Gasteiger partial charge < -0.3 is 24.9 Å². The average Bonchev–Trinajstić information content (AvgIpc) is 3.43. The van der Waals surface area contributed by atoms with Crippen LogP contribution in [0, 0.1) is 0 Å². The Balaban J connectivity index is 1.83. The van der Waals surface area contributed by atoms with Gasteiger partial charge in [-0.05, 0) is 17.7 Å². The first-order chi connectivity index (χ1) is 20.2. The topological polar surface area (TPSA) is 149 Å². The number of methoxy groups -OCH3 is 1. The molecule has 4 rings (SSSR count). The molecule has 1 saturated heterocycles. The van der Waals surface area contributed by atoms with Gasteiger partial charge in [0.15, 0.2) is 10.0 Å². The van der Waals surface area contributed by atoms with E-state index in [1.165, 1.54) is 31.1 Å². The number of fused-ring (bicyclic) bond motifs is 1. The van der Waals surface area contributed by atoms with Crippen molar-refractivity contribution in [3.8, 4) is 5.75 Å². The van der Waals surface area contributed by atoms with Gasteiger partial charge in [0.2, 0.25) is 11.8 Å². The minimum absolute atomic E-state index is 0.0315. The predicted molar refractivity (Wildman–Crippen MR) is 154 cm³/mol. The molecule has 1 fully saturated rings. The highest BCUT2D eigenvalue weighted by molar-refractivity contribution is 8.01. The van der Waals surface area contributed by atoms with Crippen LogP contribution in [-0.4, -0.2) is 65.0 Å². The molecular weight excluding hydrogens is 613 g/mol. The summed E-state index contributed by atoms with van der Waals surface area (Å²) in [6, 6.07) is 6.89. The zero-order chi connectivity index (χ0) is 30.3. The maximum atomic E-state index is 13.7. The van der Waals surface area contributed by atoms with Crippen molar-refractivity contribution in [1.29, 1.82) is 0 Å². The maximum absolute atomic E-state index is 13.7.